The van der Waals surface area contributed by atoms with Gasteiger partial charge in [0.05, 0.1) is 28.0 Å². The summed E-state index contributed by atoms with van der Waals surface area (Å²) in [6.07, 6.45) is 2.68. The molecule has 278 valence electrons. The molecule has 3 fully saturated rings. The van der Waals surface area contributed by atoms with E-state index in [-0.39, 0.29) is 29.9 Å². The molecule has 17 heteroatoms. The van der Waals surface area contributed by atoms with Crippen molar-refractivity contribution in [3.05, 3.63) is 81.1 Å². The van der Waals surface area contributed by atoms with Gasteiger partial charge in [0.2, 0.25) is 11.8 Å². The van der Waals surface area contributed by atoms with Crippen molar-refractivity contribution in [3.63, 3.8) is 0 Å². The fourth-order valence-electron chi connectivity index (χ4n) is 7.37. The standard InChI is InChI=1S/C37H37ClN10O5S/c1-20-5-3-6-26(38)32(20)44-34(51)28-17-39-37(54-28)42-29-16-30(41-21(2)40-29)46-12-4-11-45(13-14-46)23-18-47(19-23)22-7-8-24-25(15-22)36(53)48(35(24)52)27-9-10-31(49)43-33(27)50/h3,5-8,15-17,23,27H,4,9-14,18-19H2,1-2H3,(H,44,51)(H,43,49,50)(H,39,40,41,42). The van der Waals surface area contributed by atoms with Crippen LogP contribution >= 0.6 is 22.9 Å². The average Bonchev–Trinajstić information content (AvgIpc) is 3.57. The first-order valence-corrected chi connectivity index (χ1v) is 19.0. The van der Waals surface area contributed by atoms with Gasteiger partial charge in [-0.1, -0.05) is 35.1 Å². The highest BCUT2D eigenvalue weighted by molar-refractivity contribution is 7.17. The smallest absolute Gasteiger partial charge is 0.267 e. The molecule has 0 spiro atoms. The lowest BCUT2D eigenvalue weighted by Crippen LogP contribution is -2.60. The number of halogens is 1. The molecule has 3 saturated heterocycles. The van der Waals surface area contributed by atoms with Gasteiger partial charge in [-0.3, -0.25) is 39.1 Å². The number of para-hydroxylation sites is 1. The van der Waals surface area contributed by atoms with Gasteiger partial charge in [0, 0.05) is 63.5 Å². The Morgan fingerprint density at radius 3 is 2.56 bits per heavy atom. The molecule has 0 radical (unpaired) electrons. The number of rotatable bonds is 8. The minimum Gasteiger partial charge on any atom is -0.368 e. The minimum absolute atomic E-state index is 0.0820. The van der Waals surface area contributed by atoms with E-state index < -0.39 is 29.7 Å². The van der Waals surface area contributed by atoms with Crippen molar-refractivity contribution in [2.45, 2.75) is 45.2 Å². The number of aryl methyl sites for hydroxylation is 2. The summed E-state index contributed by atoms with van der Waals surface area (Å²) in [6.45, 7) is 8.68. The predicted molar refractivity (Wildman–Crippen MR) is 204 cm³/mol. The number of piperidine rings is 1. The van der Waals surface area contributed by atoms with E-state index in [0.717, 1.165) is 67.7 Å². The first-order chi connectivity index (χ1) is 26.0. The zero-order valence-corrected chi connectivity index (χ0v) is 31.2. The number of nitrogens with one attached hydrogen (secondary N) is 3. The van der Waals surface area contributed by atoms with Crippen molar-refractivity contribution in [3.8, 4) is 0 Å². The molecular formula is C37H37ClN10O5S. The highest BCUT2D eigenvalue weighted by Crippen LogP contribution is 2.34. The maximum absolute atomic E-state index is 13.3. The first-order valence-electron chi connectivity index (χ1n) is 17.8. The van der Waals surface area contributed by atoms with Gasteiger partial charge in [-0.05, 0) is 56.5 Å². The van der Waals surface area contributed by atoms with Gasteiger partial charge >= 0.3 is 0 Å². The molecule has 4 aliphatic heterocycles. The van der Waals surface area contributed by atoms with Crippen LogP contribution in [0.5, 0.6) is 0 Å². The summed E-state index contributed by atoms with van der Waals surface area (Å²) in [6, 6.07) is 12.0. The molecule has 6 heterocycles. The van der Waals surface area contributed by atoms with E-state index in [1.54, 1.807) is 18.2 Å². The van der Waals surface area contributed by atoms with Crippen molar-refractivity contribution in [2.24, 2.45) is 0 Å². The molecule has 2 aromatic heterocycles. The Balaban J connectivity index is 0.864. The summed E-state index contributed by atoms with van der Waals surface area (Å²) < 4.78 is 0. The van der Waals surface area contributed by atoms with E-state index in [4.69, 9.17) is 16.6 Å². The number of amides is 5. The van der Waals surface area contributed by atoms with E-state index >= 15 is 0 Å². The molecule has 5 amide bonds. The fraction of sp³-hybridized carbons (Fsp3) is 0.351. The number of hydrogen-bond donors (Lipinski definition) is 3. The quantitative estimate of drug-likeness (QED) is 0.220. The molecule has 0 bridgehead atoms. The van der Waals surface area contributed by atoms with Crippen LogP contribution in [-0.2, 0) is 9.59 Å². The van der Waals surface area contributed by atoms with Crippen LogP contribution in [0.1, 0.15) is 61.0 Å². The molecule has 0 saturated carbocycles. The van der Waals surface area contributed by atoms with Crippen LogP contribution in [0.3, 0.4) is 0 Å². The normalized spacial score (nSPS) is 19.4. The molecular weight excluding hydrogens is 732 g/mol. The number of anilines is 5. The number of carbonyl (C=O) groups is 5. The number of thiazole rings is 1. The number of fused-ring (bicyclic) bond motifs is 1. The van der Waals surface area contributed by atoms with Gasteiger partial charge in [-0.25, -0.2) is 15.0 Å². The summed E-state index contributed by atoms with van der Waals surface area (Å²) in [5, 5.41) is 9.37. The summed E-state index contributed by atoms with van der Waals surface area (Å²) in [7, 11) is 0. The molecule has 1 unspecified atom stereocenters. The topological polar surface area (TPSA) is 173 Å². The predicted octanol–water partition coefficient (Wildman–Crippen LogP) is 4.00. The molecule has 54 heavy (non-hydrogen) atoms. The molecule has 4 aliphatic rings. The number of imide groups is 2. The molecule has 2 aromatic carbocycles. The third-order valence-electron chi connectivity index (χ3n) is 10.3. The summed E-state index contributed by atoms with van der Waals surface area (Å²) in [4.78, 5) is 85.5. The fourth-order valence-corrected chi connectivity index (χ4v) is 8.36. The number of hydrogen-bond acceptors (Lipinski definition) is 13. The lowest BCUT2D eigenvalue weighted by Gasteiger charge is -2.46. The monoisotopic (exact) mass is 768 g/mol. The van der Waals surface area contributed by atoms with Crippen LogP contribution in [0.25, 0.3) is 0 Å². The maximum Gasteiger partial charge on any atom is 0.267 e. The van der Waals surface area contributed by atoms with Crippen molar-refractivity contribution >= 4 is 80.6 Å². The Labute approximate surface area is 319 Å². The van der Waals surface area contributed by atoms with Crippen LogP contribution in [0.15, 0.2) is 48.7 Å². The zero-order valence-electron chi connectivity index (χ0n) is 29.6. The van der Waals surface area contributed by atoms with E-state index in [0.29, 0.717) is 38.4 Å². The van der Waals surface area contributed by atoms with Crippen molar-refractivity contribution in [1.82, 2.24) is 30.1 Å². The van der Waals surface area contributed by atoms with Crippen molar-refractivity contribution < 1.29 is 24.0 Å². The number of carbonyl (C=O) groups excluding carboxylic acids is 5. The Morgan fingerprint density at radius 2 is 1.76 bits per heavy atom. The third kappa shape index (κ3) is 6.87. The molecule has 4 aromatic rings. The van der Waals surface area contributed by atoms with E-state index in [1.807, 2.05) is 38.1 Å². The summed E-state index contributed by atoms with van der Waals surface area (Å²) in [5.41, 5.74) is 2.86. The zero-order chi connectivity index (χ0) is 37.7. The van der Waals surface area contributed by atoms with Gasteiger partial charge < -0.3 is 20.4 Å². The van der Waals surface area contributed by atoms with Crippen LogP contribution < -0.4 is 25.8 Å². The number of nitrogens with zero attached hydrogens (tertiary/aromatic N) is 7. The van der Waals surface area contributed by atoms with Crippen LogP contribution in [-0.4, -0.2) is 106 Å². The van der Waals surface area contributed by atoms with Gasteiger partial charge in [0.1, 0.15) is 28.4 Å². The molecule has 15 nitrogen and oxygen atoms in total. The van der Waals surface area contributed by atoms with Gasteiger partial charge in [-0.2, -0.15) is 0 Å². The third-order valence-corrected chi connectivity index (χ3v) is 11.5. The largest absolute Gasteiger partial charge is 0.368 e. The second kappa shape index (κ2) is 14.4. The molecule has 1 atom stereocenters. The van der Waals surface area contributed by atoms with E-state index in [2.05, 4.69) is 40.6 Å². The Kier molecular flexibility index (Phi) is 9.49. The Hall–Kier alpha value is -5.45. The van der Waals surface area contributed by atoms with E-state index in [1.165, 1.54) is 17.5 Å². The SMILES string of the molecule is Cc1nc(Nc2ncc(C(=O)Nc3c(C)cccc3Cl)s2)cc(N2CCCN(C3CN(c4ccc5c(c4)C(=O)N(C4CCC(=O)NC4=O)C5=O)C3)CC2)n1. The van der Waals surface area contributed by atoms with Crippen LogP contribution in [0.2, 0.25) is 5.02 Å². The lowest BCUT2D eigenvalue weighted by atomic mass is 10.0. The average molecular weight is 769 g/mol. The van der Waals surface area contributed by atoms with E-state index in [9.17, 15) is 24.0 Å². The summed E-state index contributed by atoms with van der Waals surface area (Å²) in [5.74, 6) is -0.300. The van der Waals surface area contributed by atoms with Crippen LogP contribution in [0.4, 0.5) is 28.1 Å². The summed E-state index contributed by atoms with van der Waals surface area (Å²) >= 11 is 7.52. The number of aromatic nitrogens is 3. The van der Waals surface area contributed by atoms with Gasteiger partial charge in [0.15, 0.2) is 5.13 Å². The minimum atomic E-state index is -0.986. The Morgan fingerprint density at radius 1 is 0.944 bits per heavy atom. The maximum atomic E-state index is 13.3. The second-order valence-electron chi connectivity index (χ2n) is 13.8. The van der Waals surface area contributed by atoms with Gasteiger partial charge in [0.25, 0.3) is 17.7 Å². The second-order valence-corrected chi connectivity index (χ2v) is 15.2. The lowest BCUT2D eigenvalue weighted by molar-refractivity contribution is -0.136. The first kappa shape index (κ1) is 35.6. The molecule has 0 aliphatic carbocycles. The van der Waals surface area contributed by atoms with Crippen molar-refractivity contribution in [1.29, 1.82) is 0 Å². The van der Waals surface area contributed by atoms with Crippen molar-refractivity contribution in [2.75, 3.05) is 59.7 Å². The Bertz CT molecular complexity index is 2190. The number of benzene rings is 2. The molecule has 8 rings (SSSR count). The highest BCUT2D eigenvalue weighted by atomic mass is 35.5. The van der Waals surface area contributed by atoms with Crippen LogP contribution in [0, 0.1) is 13.8 Å². The highest BCUT2D eigenvalue weighted by Gasteiger charge is 2.45. The van der Waals surface area contributed by atoms with Gasteiger partial charge in [-0.15, -0.1) is 0 Å². The molecule has 3 N–H and O–H groups in total.